The minimum atomic E-state index is -4.37. The fourth-order valence-corrected chi connectivity index (χ4v) is 5.26. The number of hydrogen-bond acceptors (Lipinski definition) is 3. The second-order valence-corrected chi connectivity index (χ2v) is 9.75. The van der Waals surface area contributed by atoms with E-state index in [1.807, 2.05) is 6.92 Å². The zero-order valence-electron chi connectivity index (χ0n) is 19.0. The number of phenolic OH excluding ortho intramolecular Hbond substituents is 1. The van der Waals surface area contributed by atoms with E-state index in [1.54, 1.807) is 6.92 Å². The molecule has 1 aromatic carbocycles. The monoisotopic (exact) mass is 426 g/mol. The van der Waals surface area contributed by atoms with Crippen molar-refractivity contribution in [1.82, 2.24) is 0 Å². The van der Waals surface area contributed by atoms with E-state index in [4.69, 9.17) is 0 Å². The molecule has 0 amide bonds. The highest BCUT2D eigenvalue weighted by Gasteiger charge is 2.25. The summed E-state index contributed by atoms with van der Waals surface area (Å²) in [4.78, 5) is -0.0762. The summed E-state index contributed by atoms with van der Waals surface area (Å²) in [6.07, 6.45) is 15.1. The lowest BCUT2D eigenvalue weighted by molar-refractivity contribution is 0.451. The Hall–Kier alpha value is -1.07. The number of benzene rings is 1. The van der Waals surface area contributed by atoms with Crippen molar-refractivity contribution in [3.05, 3.63) is 22.3 Å². The Morgan fingerprint density at radius 3 is 1.52 bits per heavy atom. The normalized spacial score (nSPS) is 11.9. The van der Waals surface area contributed by atoms with Crippen LogP contribution in [0, 0.1) is 13.8 Å². The number of rotatable bonds is 15. The van der Waals surface area contributed by atoms with Crippen LogP contribution in [0.1, 0.15) is 113 Å². The second kappa shape index (κ2) is 13.3. The van der Waals surface area contributed by atoms with Crippen molar-refractivity contribution < 1.29 is 18.1 Å². The summed E-state index contributed by atoms with van der Waals surface area (Å²) in [5.41, 5.74) is 2.67. The molecule has 0 aromatic heterocycles. The van der Waals surface area contributed by atoms with Crippen LogP contribution in [0.15, 0.2) is 4.90 Å². The highest BCUT2D eigenvalue weighted by atomic mass is 32.2. The minimum Gasteiger partial charge on any atom is -0.507 e. The molecule has 0 bridgehead atoms. The summed E-state index contributed by atoms with van der Waals surface area (Å²) in [6.45, 7) is 7.89. The van der Waals surface area contributed by atoms with Crippen molar-refractivity contribution in [3.8, 4) is 5.75 Å². The number of phenols is 1. The van der Waals surface area contributed by atoms with Crippen molar-refractivity contribution in [3.63, 3.8) is 0 Å². The molecule has 0 aliphatic rings. The van der Waals surface area contributed by atoms with Gasteiger partial charge in [-0.15, -0.1) is 0 Å². The molecule has 0 aliphatic heterocycles. The topological polar surface area (TPSA) is 74.6 Å². The SMILES string of the molecule is CCCCCCCCc1c(C)c(CCCCCCCC)c(S(=O)(=O)O)c(C)c1O. The second-order valence-electron chi connectivity index (χ2n) is 8.40. The van der Waals surface area contributed by atoms with E-state index < -0.39 is 10.1 Å². The summed E-state index contributed by atoms with van der Waals surface area (Å²) in [5, 5.41) is 10.7. The van der Waals surface area contributed by atoms with Gasteiger partial charge in [0.25, 0.3) is 10.1 Å². The molecular weight excluding hydrogens is 384 g/mol. The Balaban J connectivity index is 2.99. The van der Waals surface area contributed by atoms with Gasteiger partial charge in [0.15, 0.2) is 0 Å². The van der Waals surface area contributed by atoms with Gasteiger partial charge in [-0.05, 0) is 56.2 Å². The van der Waals surface area contributed by atoms with Crippen molar-refractivity contribution in [2.24, 2.45) is 0 Å². The van der Waals surface area contributed by atoms with Crippen LogP contribution in [0.4, 0.5) is 0 Å². The van der Waals surface area contributed by atoms with Gasteiger partial charge in [-0.3, -0.25) is 4.55 Å². The van der Waals surface area contributed by atoms with Gasteiger partial charge in [-0.2, -0.15) is 8.42 Å². The maximum absolute atomic E-state index is 12.1. The highest BCUT2D eigenvalue weighted by molar-refractivity contribution is 7.86. The maximum Gasteiger partial charge on any atom is 0.295 e. The van der Waals surface area contributed by atoms with Crippen molar-refractivity contribution in [2.75, 3.05) is 0 Å². The number of hydrogen-bond donors (Lipinski definition) is 2. The quantitative estimate of drug-likeness (QED) is 0.232. The molecule has 1 aromatic rings. The molecule has 0 unspecified atom stereocenters. The van der Waals surface area contributed by atoms with Crippen molar-refractivity contribution in [2.45, 2.75) is 122 Å². The lowest BCUT2D eigenvalue weighted by Crippen LogP contribution is -2.11. The van der Waals surface area contributed by atoms with Crippen LogP contribution < -0.4 is 0 Å². The summed E-state index contributed by atoms with van der Waals surface area (Å²) < 4.78 is 34.0. The van der Waals surface area contributed by atoms with E-state index in [1.165, 1.54) is 44.9 Å². The first-order chi connectivity index (χ1) is 13.8. The molecule has 168 valence electrons. The van der Waals surface area contributed by atoms with E-state index in [0.29, 0.717) is 17.5 Å². The lowest BCUT2D eigenvalue weighted by atomic mass is 9.91. The van der Waals surface area contributed by atoms with Crippen LogP contribution in [-0.4, -0.2) is 18.1 Å². The van der Waals surface area contributed by atoms with Crippen LogP contribution in [0.5, 0.6) is 5.75 Å². The molecule has 0 aliphatic carbocycles. The van der Waals surface area contributed by atoms with E-state index in [0.717, 1.165) is 49.7 Å². The number of aromatic hydroxyl groups is 1. The average molecular weight is 427 g/mol. The molecule has 2 N–H and O–H groups in total. The first-order valence-corrected chi connectivity index (χ1v) is 13.0. The predicted octanol–water partition coefficient (Wildman–Crippen LogP) is 7.06. The van der Waals surface area contributed by atoms with Crippen LogP contribution in [0.25, 0.3) is 0 Å². The van der Waals surface area contributed by atoms with E-state index in [9.17, 15) is 18.1 Å². The molecular formula is C24H42O4S. The zero-order chi connectivity index (χ0) is 21.9. The first kappa shape index (κ1) is 26.0. The largest absolute Gasteiger partial charge is 0.507 e. The molecule has 4 nitrogen and oxygen atoms in total. The van der Waals surface area contributed by atoms with Gasteiger partial charge in [0.2, 0.25) is 0 Å². The molecule has 5 heteroatoms. The third-order valence-corrected chi connectivity index (χ3v) is 7.05. The van der Waals surface area contributed by atoms with Gasteiger partial charge >= 0.3 is 0 Å². The summed E-state index contributed by atoms with van der Waals surface area (Å²) in [6, 6.07) is 0. The zero-order valence-corrected chi connectivity index (χ0v) is 19.8. The van der Waals surface area contributed by atoms with Gasteiger partial charge in [0.1, 0.15) is 10.6 Å². The van der Waals surface area contributed by atoms with Gasteiger partial charge in [0.05, 0.1) is 0 Å². The molecule has 0 atom stereocenters. The van der Waals surface area contributed by atoms with Crippen LogP contribution in [0.2, 0.25) is 0 Å². The molecule has 0 fully saturated rings. The smallest absolute Gasteiger partial charge is 0.295 e. The third-order valence-electron chi connectivity index (χ3n) is 5.98. The summed E-state index contributed by atoms with van der Waals surface area (Å²) in [7, 11) is -4.37. The van der Waals surface area contributed by atoms with Crippen LogP contribution in [0.3, 0.4) is 0 Å². The Morgan fingerprint density at radius 1 is 0.655 bits per heavy atom. The molecule has 29 heavy (non-hydrogen) atoms. The van der Waals surface area contributed by atoms with Crippen molar-refractivity contribution >= 4 is 10.1 Å². The molecule has 0 spiro atoms. The van der Waals surface area contributed by atoms with Gasteiger partial charge in [-0.25, -0.2) is 0 Å². The van der Waals surface area contributed by atoms with E-state index in [-0.39, 0.29) is 10.6 Å². The molecule has 0 radical (unpaired) electrons. The fraction of sp³-hybridized carbons (Fsp3) is 0.750. The van der Waals surface area contributed by atoms with Crippen LogP contribution >= 0.6 is 0 Å². The van der Waals surface area contributed by atoms with Gasteiger partial charge in [-0.1, -0.05) is 78.1 Å². The number of unbranched alkanes of at least 4 members (excludes halogenated alkanes) is 10. The molecule has 0 heterocycles. The third kappa shape index (κ3) is 8.29. The summed E-state index contributed by atoms with van der Waals surface area (Å²) >= 11 is 0. The predicted molar refractivity (Wildman–Crippen MR) is 122 cm³/mol. The van der Waals surface area contributed by atoms with Crippen LogP contribution in [-0.2, 0) is 23.0 Å². The Kier molecular flexibility index (Phi) is 11.9. The molecule has 0 saturated carbocycles. The van der Waals surface area contributed by atoms with Gasteiger partial charge < -0.3 is 5.11 Å². The summed E-state index contributed by atoms with van der Waals surface area (Å²) in [5.74, 6) is 0.0374. The minimum absolute atomic E-state index is 0.0374. The molecule has 1 rings (SSSR count). The Morgan fingerprint density at radius 2 is 1.07 bits per heavy atom. The Labute approximate surface area is 178 Å². The first-order valence-electron chi connectivity index (χ1n) is 11.6. The standard InChI is InChI=1S/C24H42O4S/c1-5-7-9-11-13-15-17-21-19(3)22(18-16-14-12-10-8-6-2)24(29(26,27)28)20(4)23(21)25/h25H,5-18H2,1-4H3,(H,26,27,28). The lowest BCUT2D eigenvalue weighted by Gasteiger charge is -2.20. The average Bonchev–Trinajstić information content (AvgIpc) is 2.66. The van der Waals surface area contributed by atoms with Gasteiger partial charge in [0, 0.05) is 5.56 Å². The van der Waals surface area contributed by atoms with Crippen molar-refractivity contribution in [1.29, 1.82) is 0 Å². The fourth-order valence-electron chi connectivity index (χ4n) is 4.21. The maximum atomic E-state index is 12.1. The Bertz CT molecular complexity index is 723. The van der Waals surface area contributed by atoms with E-state index in [2.05, 4.69) is 13.8 Å². The molecule has 0 saturated heterocycles. The van der Waals surface area contributed by atoms with E-state index >= 15 is 0 Å². The highest BCUT2D eigenvalue weighted by Crippen LogP contribution is 2.37.